The topological polar surface area (TPSA) is 0 Å². The molecular weight excluding hydrogens is 345 g/mol. The molecule has 0 heterocycles. The zero-order chi connectivity index (χ0) is 19.0. The van der Waals surface area contributed by atoms with Gasteiger partial charge in [0.25, 0.3) is 0 Å². The van der Waals surface area contributed by atoms with E-state index in [9.17, 15) is 8.78 Å². The molecular formula is C24H25F3. The molecule has 4 rings (SSSR count). The summed E-state index contributed by atoms with van der Waals surface area (Å²) in [5, 5.41) is 0. The molecule has 2 aromatic carbocycles. The lowest BCUT2D eigenvalue weighted by Gasteiger charge is -2.36. The van der Waals surface area contributed by atoms with E-state index in [2.05, 4.69) is 12.7 Å². The minimum absolute atomic E-state index is 0.271. The zero-order valence-electron chi connectivity index (χ0n) is 15.5. The molecule has 142 valence electrons. The van der Waals surface area contributed by atoms with Gasteiger partial charge in [-0.15, -0.1) is 6.58 Å². The first-order valence-electron chi connectivity index (χ1n) is 9.95. The summed E-state index contributed by atoms with van der Waals surface area (Å²) in [5.74, 6) is -0.119. The molecule has 27 heavy (non-hydrogen) atoms. The normalized spacial score (nSPS) is 25.1. The third kappa shape index (κ3) is 3.56. The quantitative estimate of drug-likeness (QED) is 0.517. The molecule has 1 saturated carbocycles. The van der Waals surface area contributed by atoms with Crippen molar-refractivity contribution in [3.8, 4) is 11.1 Å². The summed E-state index contributed by atoms with van der Waals surface area (Å²) in [4.78, 5) is 0. The van der Waals surface area contributed by atoms with Gasteiger partial charge in [-0.3, -0.25) is 0 Å². The van der Waals surface area contributed by atoms with Crippen molar-refractivity contribution in [2.75, 3.05) is 0 Å². The molecule has 1 unspecified atom stereocenters. The van der Waals surface area contributed by atoms with Crippen LogP contribution in [0.1, 0.15) is 43.2 Å². The first kappa shape index (κ1) is 18.3. The van der Waals surface area contributed by atoms with Crippen LogP contribution in [0.15, 0.2) is 43.0 Å². The van der Waals surface area contributed by atoms with E-state index in [1.54, 1.807) is 6.07 Å². The van der Waals surface area contributed by atoms with Crippen molar-refractivity contribution in [1.29, 1.82) is 0 Å². The van der Waals surface area contributed by atoms with Crippen molar-refractivity contribution in [3.63, 3.8) is 0 Å². The summed E-state index contributed by atoms with van der Waals surface area (Å²) < 4.78 is 41.8. The number of fused-ring (bicyclic) bond motifs is 1. The Morgan fingerprint density at radius 1 is 0.852 bits per heavy atom. The van der Waals surface area contributed by atoms with Crippen LogP contribution in [0.25, 0.3) is 11.1 Å². The van der Waals surface area contributed by atoms with Crippen LogP contribution in [0.5, 0.6) is 0 Å². The molecule has 2 aromatic rings. The Bertz CT molecular complexity index is 847. The highest BCUT2D eigenvalue weighted by Crippen LogP contribution is 2.41. The maximum atomic E-state index is 15.1. The molecule has 0 saturated heterocycles. The molecule has 0 aliphatic heterocycles. The number of rotatable bonds is 3. The van der Waals surface area contributed by atoms with E-state index in [1.807, 2.05) is 6.07 Å². The second-order valence-electron chi connectivity index (χ2n) is 8.11. The van der Waals surface area contributed by atoms with E-state index in [1.165, 1.54) is 31.7 Å². The van der Waals surface area contributed by atoms with Gasteiger partial charge in [-0.2, -0.15) is 0 Å². The van der Waals surface area contributed by atoms with E-state index in [0.29, 0.717) is 23.0 Å². The van der Waals surface area contributed by atoms with Crippen LogP contribution >= 0.6 is 0 Å². The van der Waals surface area contributed by atoms with E-state index in [-0.39, 0.29) is 5.82 Å². The molecule has 0 radical (unpaired) electrons. The molecule has 0 nitrogen and oxygen atoms in total. The number of halogens is 3. The lowest BCUT2D eigenvalue weighted by atomic mass is 9.69. The van der Waals surface area contributed by atoms with Gasteiger partial charge in [0.15, 0.2) is 11.6 Å². The predicted octanol–water partition coefficient (Wildman–Crippen LogP) is 6.87. The lowest BCUT2D eigenvalue weighted by Crippen LogP contribution is -2.26. The van der Waals surface area contributed by atoms with Gasteiger partial charge in [0, 0.05) is 5.56 Å². The highest BCUT2D eigenvalue weighted by molar-refractivity contribution is 5.66. The smallest absolute Gasteiger partial charge is 0.159 e. The highest BCUT2D eigenvalue weighted by Gasteiger charge is 2.31. The van der Waals surface area contributed by atoms with Crippen molar-refractivity contribution in [1.82, 2.24) is 0 Å². The second-order valence-corrected chi connectivity index (χ2v) is 8.11. The molecule has 0 amide bonds. The van der Waals surface area contributed by atoms with Crippen LogP contribution < -0.4 is 0 Å². The first-order chi connectivity index (χ1) is 13.1. The fourth-order valence-electron chi connectivity index (χ4n) is 4.98. The third-order valence-electron chi connectivity index (χ3n) is 6.63. The maximum Gasteiger partial charge on any atom is 0.159 e. The van der Waals surface area contributed by atoms with Crippen LogP contribution in [-0.4, -0.2) is 0 Å². The fourth-order valence-corrected chi connectivity index (χ4v) is 4.98. The van der Waals surface area contributed by atoms with Crippen LogP contribution in [-0.2, 0) is 12.8 Å². The van der Waals surface area contributed by atoms with E-state index in [0.717, 1.165) is 48.4 Å². The molecule has 3 heteroatoms. The van der Waals surface area contributed by atoms with E-state index < -0.39 is 11.6 Å². The highest BCUT2D eigenvalue weighted by atomic mass is 19.2. The Kier molecular flexibility index (Phi) is 5.12. The minimum atomic E-state index is -0.945. The van der Waals surface area contributed by atoms with Crippen LogP contribution in [0.4, 0.5) is 13.2 Å². The summed E-state index contributed by atoms with van der Waals surface area (Å²) in [5.41, 5.74) is 2.59. The Morgan fingerprint density at radius 3 is 2.33 bits per heavy atom. The molecule has 2 aliphatic carbocycles. The van der Waals surface area contributed by atoms with Gasteiger partial charge in [0.1, 0.15) is 5.82 Å². The van der Waals surface area contributed by atoms with Crippen molar-refractivity contribution in [2.45, 2.75) is 44.9 Å². The van der Waals surface area contributed by atoms with E-state index in [4.69, 9.17) is 0 Å². The number of benzene rings is 2. The molecule has 2 aliphatic rings. The summed E-state index contributed by atoms with van der Waals surface area (Å²) in [6.45, 7) is 3.92. The number of allylic oxidation sites excluding steroid dienone is 1. The monoisotopic (exact) mass is 370 g/mol. The van der Waals surface area contributed by atoms with Crippen molar-refractivity contribution in [3.05, 3.63) is 71.6 Å². The van der Waals surface area contributed by atoms with Crippen molar-refractivity contribution >= 4 is 0 Å². The van der Waals surface area contributed by atoms with Gasteiger partial charge in [0.2, 0.25) is 0 Å². The van der Waals surface area contributed by atoms with Gasteiger partial charge in [-0.05, 0) is 91.5 Å². The van der Waals surface area contributed by atoms with Crippen molar-refractivity contribution < 1.29 is 13.2 Å². The summed E-state index contributed by atoms with van der Waals surface area (Å²) in [6.07, 6.45) is 9.68. The van der Waals surface area contributed by atoms with E-state index >= 15 is 4.39 Å². The predicted molar refractivity (Wildman–Crippen MR) is 103 cm³/mol. The van der Waals surface area contributed by atoms with Gasteiger partial charge in [0.05, 0.1) is 0 Å². The Labute approximate surface area is 159 Å². The van der Waals surface area contributed by atoms with Gasteiger partial charge < -0.3 is 0 Å². The average molecular weight is 370 g/mol. The molecule has 0 aromatic heterocycles. The first-order valence-corrected chi connectivity index (χ1v) is 9.95. The zero-order valence-corrected chi connectivity index (χ0v) is 15.5. The van der Waals surface area contributed by atoms with Gasteiger partial charge in [-0.25, -0.2) is 13.2 Å². The molecule has 1 fully saturated rings. The lowest BCUT2D eigenvalue weighted by molar-refractivity contribution is 0.205. The number of hydrogen-bond acceptors (Lipinski definition) is 0. The third-order valence-corrected chi connectivity index (χ3v) is 6.63. The summed E-state index contributed by atoms with van der Waals surface area (Å²) in [7, 11) is 0. The van der Waals surface area contributed by atoms with Crippen molar-refractivity contribution in [2.24, 2.45) is 17.8 Å². The van der Waals surface area contributed by atoms with Gasteiger partial charge >= 0.3 is 0 Å². The number of hydrogen-bond donors (Lipinski definition) is 0. The Hall–Kier alpha value is -2.03. The minimum Gasteiger partial charge on any atom is -0.206 e. The molecule has 1 atom stereocenters. The summed E-state index contributed by atoms with van der Waals surface area (Å²) >= 11 is 0. The molecule has 0 bridgehead atoms. The Morgan fingerprint density at radius 2 is 1.63 bits per heavy atom. The van der Waals surface area contributed by atoms with Crippen LogP contribution in [0.3, 0.4) is 0 Å². The molecule has 0 spiro atoms. The average Bonchev–Trinajstić information content (AvgIpc) is 2.70. The van der Waals surface area contributed by atoms with Crippen LogP contribution in [0, 0.1) is 35.2 Å². The standard InChI is InChI=1S/C24H25F3/c1-2-15-3-5-16(6-4-15)17-7-10-20-18(13-17)8-11-21(24(20)27)19-9-12-22(25)23(26)14-19/h2,8-9,11-12,14-17H,1,3-7,10,13H2. The SMILES string of the molecule is C=CC1CCC(C2CCc3c(ccc(-c4ccc(F)c(F)c4)c3F)C2)CC1. The fraction of sp³-hybridized carbons (Fsp3) is 0.417. The maximum absolute atomic E-state index is 15.1. The van der Waals surface area contributed by atoms with Gasteiger partial charge in [-0.1, -0.05) is 24.3 Å². The Balaban J connectivity index is 1.55. The molecule has 0 N–H and O–H groups in total. The van der Waals surface area contributed by atoms with Crippen LogP contribution in [0.2, 0.25) is 0 Å². The largest absolute Gasteiger partial charge is 0.206 e. The summed E-state index contributed by atoms with van der Waals surface area (Å²) in [6, 6.07) is 7.27. The second kappa shape index (κ2) is 7.53.